The van der Waals surface area contributed by atoms with Crippen LogP contribution in [0.15, 0.2) is 72.8 Å². The van der Waals surface area contributed by atoms with Crippen LogP contribution in [0.1, 0.15) is 31.8 Å². The van der Waals surface area contributed by atoms with E-state index in [1.807, 2.05) is 55.5 Å². The summed E-state index contributed by atoms with van der Waals surface area (Å²) in [5.41, 5.74) is 3.78. The molecule has 0 fully saturated rings. The Balaban J connectivity index is 1.58. The summed E-state index contributed by atoms with van der Waals surface area (Å²) < 4.78 is 5.12. The van der Waals surface area contributed by atoms with Crippen LogP contribution in [0.2, 0.25) is 0 Å². The third-order valence-corrected chi connectivity index (χ3v) is 4.30. The van der Waals surface area contributed by atoms with Crippen LogP contribution in [-0.4, -0.2) is 18.9 Å². The number of ether oxygens (including phenoxy) is 1. The quantitative estimate of drug-likeness (QED) is 0.680. The Hall–Kier alpha value is -3.60. The molecular weight excluding hydrogens is 352 g/mol. The van der Waals surface area contributed by atoms with Gasteiger partial charge < -0.3 is 15.4 Å². The van der Waals surface area contributed by atoms with Crippen LogP contribution >= 0.6 is 0 Å². The first-order valence-corrected chi connectivity index (χ1v) is 8.94. The van der Waals surface area contributed by atoms with E-state index in [1.54, 1.807) is 31.4 Å². The number of hydrogen-bond acceptors (Lipinski definition) is 3. The van der Waals surface area contributed by atoms with Crippen molar-refractivity contribution in [2.24, 2.45) is 0 Å². The summed E-state index contributed by atoms with van der Waals surface area (Å²) in [7, 11) is 1.61. The van der Waals surface area contributed by atoms with Gasteiger partial charge in [0.05, 0.1) is 7.11 Å². The fourth-order valence-electron chi connectivity index (χ4n) is 2.73. The van der Waals surface area contributed by atoms with Crippen LogP contribution in [0.3, 0.4) is 0 Å². The zero-order chi connectivity index (χ0) is 19.9. The summed E-state index contributed by atoms with van der Waals surface area (Å²) >= 11 is 0. The van der Waals surface area contributed by atoms with Crippen molar-refractivity contribution in [3.63, 3.8) is 0 Å². The molecule has 0 heterocycles. The number of hydrogen-bond donors (Lipinski definition) is 2. The zero-order valence-electron chi connectivity index (χ0n) is 15.9. The molecule has 142 valence electrons. The molecule has 5 nitrogen and oxygen atoms in total. The number of nitrogens with one attached hydrogen (secondary N) is 2. The molecule has 0 saturated carbocycles. The molecule has 0 aliphatic heterocycles. The molecule has 0 aromatic heterocycles. The van der Waals surface area contributed by atoms with Gasteiger partial charge >= 0.3 is 0 Å². The summed E-state index contributed by atoms with van der Waals surface area (Å²) in [5, 5.41) is 5.72. The molecule has 28 heavy (non-hydrogen) atoms. The molecule has 0 aliphatic rings. The number of amides is 2. The fraction of sp³-hybridized carbons (Fsp3) is 0.130. The highest BCUT2D eigenvalue weighted by molar-refractivity contribution is 6.05. The van der Waals surface area contributed by atoms with Gasteiger partial charge in [0.25, 0.3) is 11.8 Å². The fourth-order valence-corrected chi connectivity index (χ4v) is 2.73. The van der Waals surface area contributed by atoms with Crippen molar-refractivity contribution in [1.29, 1.82) is 0 Å². The smallest absolute Gasteiger partial charge is 0.255 e. The molecule has 0 atom stereocenters. The van der Waals surface area contributed by atoms with E-state index >= 15 is 0 Å². The van der Waals surface area contributed by atoms with Gasteiger partial charge in [0.15, 0.2) is 0 Å². The number of carbonyl (C=O) groups excluding carboxylic acids is 2. The molecule has 0 radical (unpaired) electrons. The third-order valence-electron chi connectivity index (χ3n) is 4.30. The van der Waals surface area contributed by atoms with Crippen molar-refractivity contribution in [3.05, 3.63) is 95.1 Å². The molecule has 3 rings (SSSR count). The van der Waals surface area contributed by atoms with Gasteiger partial charge in [-0.25, -0.2) is 0 Å². The molecule has 0 unspecified atom stereocenters. The molecule has 5 heteroatoms. The zero-order valence-corrected chi connectivity index (χ0v) is 15.9. The Morgan fingerprint density at radius 1 is 0.857 bits per heavy atom. The van der Waals surface area contributed by atoms with Crippen molar-refractivity contribution in [2.45, 2.75) is 13.5 Å². The van der Waals surface area contributed by atoms with E-state index in [0.29, 0.717) is 17.7 Å². The van der Waals surface area contributed by atoms with E-state index in [-0.39, 0.29) is 11.8 Å². The monoisotopic (exact) mass is 374 g/mol. The predicted molar refractivity (Wildman–Crippen MR) is 110 cm³/mol. The Labute approximate surface area is 164 Å². The number of aryl methyl sites for hydroxylation is 1. The molecule has 3 aromatic carbocycles. The lowest BCUT2D eigenvalue weighted by molar-refractivity contribution is 0.0949. The van der Waals surface area contributed by atoms with Crippen LogP contribution in [0.25, 0.3) is 0 Å². The number of anilines is 1. The van der Waals surface area contributed by atoms with Gasteiger partial charge in [-0.1, -0.05) is 24.3 Å². The SMILES string of the molecule is COc1ccc(CNC(=O)c2ccc(C(=O)Nc3cccc(C)c3)cc2)cc1. The van der Waals surface area contributed by atoms with Crippen molar-refractivity contribution >= 4 is 17.5 Å². The number of methoxy groups -OCH3 is 1. The number of rotatable bonds is 6. The predicted octanol–water partition coefficient (Wildman–Crippen LogP) is 4.19. The highest BCUT2D eigenvalue weighted by atomic mass is 16.5. The highest BCUT2D eigenvalue weighted by Gasteiger charge is 2.09. The third kappa shape index (κ3) is 4.98. The Morgan fingerprint density at radius 2 is 1.50 bits per heavy atom. The molecular formula is C23H22N2O3. The number of benzene rings is 3. The minimum atomic E-state index is -0.212. The van der Waals surface area contributed by atoms with E-state index in [1.165, 1.54) is 0 Å². The van der Waals surface area contributed by atoms with Gasteiger partial charge in [0, 0.05) is 23.4 Å². The standard InChI is InChI=1S/C23H22N2O3/c1-16-4-3-5-20(14-16)25-23(27)19-10-8-18(9-11-19)22(26)24-15-17-6-12-21(28-2)13-7-17/h3-14H,15H2,1-2H3,(H,24,26)(H,25,27). The highest BCUT2D eigenvalue weighted by Crippen LogP contribution is 2.13. The maximum Gasteiger partial charge on any atom is 0.255 e. The minimum Gasteiger partial charge on any atom is -0.497 e. The Morgan fingerprint density at radius 3 is 2.11 bits per heavy atom. The molecule has 2 N–H and O–H groups in total. The maximum absolute atomic E-state index is 12.3. The second-order valence-electron chi connectivity index (χ2n) is 6.43. The summed E-state index contributed by atoms with van der Waals surface area (Å²) in [6.45, 7) is 2.38. The topological polar surface area (TPSA) is 67.4 Å². The summed E-state index contributed by atoms with van der Waals surface area (Å²) in [6.07, 6.45) is 0. The van der Waals surface area contributed by atoms with E-state index < -0.39 is 0 Å². The molecule has 0 spiro atoms. The van der Waals surface area contributed by atoms with E-state index in [9.17, 15) is 9.59 Å². The lowest BCUT2D eigenvalue weighted by Crippen LogP contribution is -2.23. The van der Waals surface area contributed by atoms with Crippen molar-refractivity contribution in [3.8, 4) is 5.75 Å². The molecule has 0 aliphatic carbocycles. The number of carbonyl (C=O) groups is 2. The van der Waals surface area contributed by atoms with E-state index in [2.05, 4.69) is 10.6 Å². The lowest BCUT2D eigenvalue weighted by atomic mass is 10.1. The van der Waals surface area contributed by atoms with Gasteiger partial charge in [-0.2, -0.15) is 0 Å². The van der Waals surface area contributed by atoms with E-state index in [0.717, 1.165) is 22.6 Å². The average Bonchev–Trinajstić information content (AvgIpc) is 2.72. The molecule has 0 bridgehead atoms. The van der Waals surface area contributed by atoms with Crippen LogP contribution < -0.4 is 15.4 Å². The van der Waals surface area contributed by atoms with E-state index in [4.69, 9.17) is 4.74 Å². The van der Waals surface area contributed by atoms with Crippen LogP contribution in [0, 0.1) is 6.92 Å². The summed E-state index contributed by atoms with van der Waals surface area (Å²) in [6, 6.07) is 21.7. The Kier molecular flexibility index (Phi) is 6.07. The molecule has 2 amide bonds. The first kappa shape index (κ1) is 19.2. The van der Waals surface area contributed by atoms with Crippen LogP contribution in [0.4, 0.5) is 5.69 Å². The first-order valence-electron chi connectivity index (χ1n) is 8.94. The van der Waals surface area contributed by atoms with Crippen molar-refractivity contribution in [1.82, 2.24) is 5.32 Å². The second kappa shape index (κ2) is 8.86. The maximum atomic E-state index is 12.3. The van der Waals surface area contributed by atoms with Gasteiger partial charge in [-0.3, -0.25) is 9.59 Å². The van der Waals surface area contributed by atoms with Gasteiger partial charge in [0.2, 0.25) is 0 Å². The lowest BCUT2D eigenvalue weighted by Gasteiger charge is -2.08. The second-order valence-corrected chi connectivity index (χ2v) is 6.43. The normalized spacial score (nSPS) is 10.2. The summed E-state index contributed by atoms with van der Waals surface area (Å²) in [5.74, 6) is 0.367. The van der Waals surface area contributed by atoms with Gasteiger partial charge in [-0.05, 0) is 66.6 Å². The Bertz CT molecular complexity index is 964. The molecule has 0 saturated heterocycles. The average molecular weight is 374 g/mol. The molecule has 3 aromatic rings. The van der Waals surface area contributed by atoms with Crippen LogP contribution in [0.5, 0.6) is 5.75 Å². The van der Waals surface area contributed by atoms with Crippen molar-refractivity contribution in [2.75, 3.05) is 12.4 Å². The van der Waals surface area contributed by atoms with Gasteiger partial charge in [-0.15, -0.1) is 0 Å². The summed E-state index contributed by atoms with van der Waals surface area (Å²) in [4.78, 5) is 24.7. The minimum absolute atomic E-state index is 0.193. The largest absolute Gasteiger partial charge is 0.497 e. The van der Waals surface area contributed by atoms with Crippen LogP contribution in [-0.2, 0) is 6.54 Å². The van der Waals surface area contributed by atoms with Gasteiger partial charge in [0.1, 0.15) is 5.75 Å². The van der Waals surface area contributed by atoms with Crippen molar-refractivity contribution < 1.29 is 14.3 Å². The first-order chi connectivity index (χ1) is 13.5.